The van der Waals surface area contributed by atoms with Gasteiger partial charge in [0.15, 0.2) is 16.6 Å². The maximum Gasteiger partial charge on any atom is 0.253 e. The van der Waals surface area contributed by atoms with Crippen molar-refractivity contribution < 1.29 is 14.2 Å². The van der Waals surface area contributed by atoms with Crippen LogP contribution in [0.5, 0.6) is 11.5 Å². The van der Waals surface area contributed by atoms with Crippen LogP contribution in [-0.2, 0) is 17.7 Å². The Morgan fingerprint density at radius 2 is 1.87 bits per heavy atom. The number of thiocarbonyl (C=S) groups is 1. The largest absolute Gasteiger partial charge is 0.493 e. The number of aromatic nitrogens is 1. The van der Waals surface area contributed by atoms with Crippen molar-refractivity contribution in [1.82, 2.24) is 20.1 Å². The zero-order valence-electron chi connectivity index (χ0n) is 22.8. The van der Waals surface area contributed by atoms with Gasteiger partial charge in [-0.3, -0.25) is 9.69 Å². The molecule has 204 valence electrons. The highest BCUT2D eigenvalue weighted by molar-refractivity contribution is 7.80. The molecule has 0 spiro atoms. The van der Waals surface area contributed by atoms with E-state index in [1.807, 2.05) is 31.2 Å². The highest BCUT2D eigenvalue weighted by atomic mass is 32.1. The lowest BCUT2D eigenvalue weighted by Gasteiger charge is -2.31. The summed E-state index contributed by atoms with van der Waals surface area (Å²) in [7, 11) is 3.27. The van der Waals surface area contributed by atoms with Gasteiger partial charge in [-0.1, -0.05) is 18.2 Å². The van der Waals surface area contributed by atoms with Crippen LogP contribution < -0.4 is 20.3 Å². The number of nitrogens with zero attached hydrogens (tertiary/aromatic N) is 2. The summed E-state index contributed by atoms with van der Waals surface area (Å²) >= 11 is 5.84. The van der Waals surface area contributed by atoms with Crippen LogP contribution in [-0.4, -0.2) is 80.1 Å². The number of morpholine rings is 1. The standard InChI is InChI=1S/C29H38N4O4S/c1-20-5-7-23-18-24(28(34)31-27(23)21(20)2)19-33(12-11-32-13-15-37-16-14-32)29(38)30-10-9-22-6-8-25(35-3)26(17-22)36-4/h5-8,17-18H,9-16,19H2,1-4H3,(H,30,38)(H,31,34). The molecule has 1 aliphatic rings. The number of pyridine rings is 1. The summed E-state index contributed by atoms with van der Waals surface area (Å²) in [6.45, 7) is 10.1. The number of fused-ring (bicyclic) bond motifs is 1. The minimum Gasteiger partial charge on any atom is -0.493 e. The van der Waals surface area contributed by atoms with E-state index in [4.69, 9.17) is 26.4 Å². The average molecular weight is 539 g/mol. The molecule has 9 heteroatoms. The maximum atomic E-state index is 13.1. The van der Waals surface area contributed by atoms with Crippen molar-refractivity contribution in [2.45, 2.75) is 26.8 Å². The third kappa shape index (κ3) is 6.83. The van der Waals surface area contributed by atoms with E-state index in [0.717, 1.165) is 66.9 Å². The van der Waals surface area contributed by atoms with E-state index in [-0.39, 0.29) is 5.56 Å². The molecule has 1 aromatic heterocycles. The van der Waals surface area contributed by atoms with E-state index in [2.05, 4.69) is 39.2 Å². The van der Waals surface area contributed by atoms with Gasteiger partial charge in [-0.2, -0.15) is 0 Å². The van der Waals surface area contributed by atoms with E-state index < -0.39 is 0 Å². The molecule has 8 nitrogen and oxygen atoms in total. The van der Waals surface area contributed by atoms with E-state index in [0.29, 0.717) is 41.8 Å². The van der Waals surface area contributed by atoms with Crippen molar-refractivity contribution in [3.63, 3.8) is 0 Å². The fourth-order valence-corrected chi connectivity index (χ4v) is 4.95. The van der Waals surface area contributed by atoms with Crippen LogP contribution in [0.15, 0.2) is 41.2 Å². The van der Waals surface area contributed by atoms with Gasteiger partial charge in [-0.05, 0) is 72.8 Å². The molecule has 2 heterocycles. The Hall–Kier alpha value is -3.14. The quantitative estimate of drug-likeness (QED) is 0.381. The van der Waals surface area contributed by atoms with Gasteiger partial charge < -0.3 is 29.4 Å². The number of methoxy groups -OCH3 is 2. The second kappa shape index (κ2) is 13.1. The van der Waals surface area contributed by atoms with Gasteiger partial charge in [0.1, 0.15) is 0 Å². The smallest absolute Gasteiger partial charge is 0.253 e. The molecule has 1 aliphatic heterocycles. The summed E-state index contributed by atoms with van der Waals surface area (Å²) in [6, 6.07) is 12.1. The van der Waals surface area contributed by atoms with Crippen molar-refractivity contribution in [2.24, 2.45) is 0 Å². The van der Waals surface area contributed by atoms with E-state index in [1.165, 1.54) is 0 Å². The first kappa shape index (κ1) is 27.9. The Labute approximate surface area is 229 Å². The first-order valence-electron chi connectivity index (χ1n) is 13.1. The predicted molar refractivity (Wildman–Crippen MR) is 156 cm³/mol. The predicted octanol–water partition coefficient (Wildman–Crippen LogP) is 3.41. The lowest BCUT2D eigenvalue weighted by Crippen LogP contribution is -2.46. The minimum absolute atomic E-state index is 0.0734. The molecule has 0 bridgehead atoms. The van der Waals surface area contributed by atoms with Gasteiger partial charge in [0.2, 0.25) is 0 Å². The second-order valence-corrected chi connectivity index (χ2v) is 10.0. The summed E-state index contributed by atoms with van der Waals surface area (Å²) in [6.07, 6.45) is 0.771. The van der Waals surface area contributed by atoms with Crippen molar-refractivity contribution in [2.75, 3.05) is 60.2 Å². The van der Waals surface area contributed by atoms with Crippen LogP contribution in [0, 0.1) is 13.8 Å². The van der Waals surface area contributed by atoms with E-state index in [9.17, 15) is 4.79 Å². The van der Waals surface area contributed by atoms with Crippen molar-refractivity contribution in [3.8, 4) is 11.5 Å². The second-order valence-electron chi connectivity index (χ2n) is 9.64. The van der Waals surface area contributed by atoms with Gasteiger partial charge in [-0.15, -0.1) is 0 Å². The summed E-state index contributed by atoms with van der Waals surface area (Å²) < 4.78 is 16.3. The van der Waals surface area contributed by atoms with Crippen molar-refractivity contribution >= 4 is 28.2 Å². The van der Waals surface area contributed by atoms with Crippen LogP contribution in [0.4, 0.5) is 0 Å². The zero-order valence-corrected chi connectivity index (χ0v) is 23.6. The topological polar surface area (TPSA) is 79.1 Å². The minimum atomic E-state index is -0.0734. The van der Waals surface area contributed by atoms with Gasteiger partial charge in [0.05, 0.1) is 39.5 Å². The molecule has 1 fully saturated rings. The number of aromatic amines is 1. The highest BCUT2D eigenvalue weighted by Crippen LogP contribution is 2.27. The average Bonchev–Trinajstić information content (AvgIpc) is 2.94. The molecule has 0 amide bonds. The van der Waals surface area contributed by atoms with Gasteiger partial charge in [-0.25, -0.2) is 0 Å². The molecule has 2 aromatic carbocycles. The Bertz CT molecular complexity index is 1320. The molecule has 0 unspecified atom stereocenters. The molecule has 0 atom stereocenters. The number of benzene rings is 2. The Kier molecular flexibility index (Phi) is 9.60. The molecular weight excluding hydrogens is 500 g/mol. The normalized spacial score (nSPS) is 13.9. The Morgan fingerprint density at radius 1 is 1.11 bits per heavy atom. The monoisotopic (exact) mass is 538 g/mol. The third-order valence-electron chi connectivity index (χ3n) is 7.20. The lowest BCUT2D eigenvalue weighted by atomic mass is 10.0. The molecular formula is C29H38N4O4S. The van der Waals surface area contributed by atoms with Crippen molar-refractivity contribution in [3.05, 3.63) is 69.0 Å². The molecule has 0 radical (unpaired) electrons. The summed E-state index contributed by atoms with van der Waals surface area (Å²) in [5.41, 5.74) is 4.90. The molecule has 3 aromatic rings. The summed E-state index contributed by atoms with van der Waals surface area (Å²) in [4.78, 5) is 20.7. The Morgan fingerprint density at radius 3 is 2.61 bits per heavy atom. The number of ether oxygens (including phenoxy) is 3. The zero-order chi connectivity index (χ0) is 27.1. The molecule has 38 heavy (non-hydrogen) atoms. The maximum absolute atomic E-state index is 13.1. The molecule has 0 aliphatic carbocycles. The van der Waals surface area contributed by atoms with E-state index >= 15 is 0 Å². The molecule has 1 saturated heterocycles. The van der Waals surface area contributed by atoms with Crippen molar-refractivity contribution in [1.29, 1.82) is 0 Å². The van der Waals surface area contributed by atoms with Crippen LogP contribution >= 0.6 is 12.2 Å². The first-order chi connectivity index (χ1) is 18.4. The van der Waals surface area contributed by atoms with E-state index in [1.54, 1.807) is 14.2 Å². The number of nitrogens with one attached hydrogen (secondary N) is 2. The fraction of sp³-hybridized carbons (Fsp3) is 0.448. The number of H-pyrrole nitrogens is 1. The lowest BCUT2D eigenvalue weighted by molar-refractivity contribution is 0.0357. The fourth-order valence-electron chi connectivity index (χ4n) is 4.69. The number of hydrogen-bond acceptors (Lipinski definition) is 6. The molecule has 2 N–H and O–H groups in total. The van der Waals surface area contributed by atoms with Crippen LogP contribution in [0.2, 0.25) is 0 Å². The van der Waals surface area contributed by atoms with Gasteiger partial charge in [0.25, 0.3) is 5.56 Å². The number of aryl methyl sites for hydroxylation is 2. The number of hydrogen-bond donors (Lipinski definition) is 2. The van der Waals surface area contributed by atoms with Crippen LogP contribution in [0.1, 0.15) is 22.3 Å². The van der Waals surface area contributed by atoms with Gasteiger partial charge >= 0.3 is 0 Å². The molecule has 4 rings (SSSR count). The van der Waals surface area contributed by atoms with Gasteiger partial charge in [0, 0.05) is 38.3 Å². The molecule has 0 saturated carbocycles. The van der Waals surface area contributed by atoms with Crippen LogP contribution in [0.3, 0.4) is 0 Å². The number of rotatable bonds is 10. The Balaban J connectivity index is 1.47. The summed E-state index contributed by atoms with van der Waals surface area (Å²) in [5.74, 6) is 1.42. The summed E-state index contributed by atoms with van der Waals surface area (Å²) in [5, 5.41) is 5.08. The highest BCUT2D eigenvalue weighted by Gasteiger charge is 2.17. The first-order valence-corrected chi connectivity index (χ1v) is 13.5. The third-order valence-corrected chi connectivity index (χ3v) is 7.61. The van der Waals surface area contributed by atoms with Crippen LogP contribution in [0.25, 0.3) is 10.9 Å². The SMILES string of the molecule is COc1ccc(CCNC(=S)N(CCN2CCOCC2)Cc2cc3ccc(C)c(C)c3[nH]c2=O)cc1OC.